The van der Waals surface area contributed by atoms with Gasteiger partial charge in [0.1, 0.15) is 5.75 Å². The highest BCUT2D eigenvalue weighted by Crippen LogP contribution is 2.13. The summed E-state index contributed by atoms with van der Waals surface area (Å²) in [6, 6.07) is 13.9. The number of hydrogen-bond donors (Lipinski definition) is 1. The lowest BCUT2D eigenvalue weighted by Gasteiger charge is -2.14. The number of anilines is 1. The van der Waals surface area contributed by atoms with Crippen molar-refractivity contribution in [3.8, 4) is 5.75 Å². The van der Waals surface area contributed by atoms with Crippen LogP contribution in [0.5, 0.6) is 5.75 Å². The molecule has 0 saturated heterocycles. The number of esters is 1. The molecular formula is C21H23NO5. The summed E-state index contributed by atoms with van der Waals surface area (Å²) in [5, 5.41) is 2.70. The van der Waals surface area contributed by atoms with E-state index in [1.54, 1.807) is 36.4 Å². The standard InChI is InChI=1S/C21H23NO5/c1-4-16-5-9-18(10-6-16)22-21(25)15(3)27-20(24)13-26-19-11-7-17(8-12-19)14(2)23/h5-12,15H,4,13H2,1-3H3,(H,22,25)/t15-/m1/s1. The van der Waals surface area contributed by atoms with Crippen molar-refractivity contribution in [1.29, 1.82) is 0 Å². The summed E-state index contributed by atoms with van der Waals surface area (Å²) >= 11 is 0. The molecule has 0 saturated carbocycles. The Hall–Kier alpha value is -3.15. The Morgan fingerprint density at radius 1 is 1.00 bits per heavy atom. The normalized spacial score (nSPS) is 11.4. The van der Waals surface area contributed by atoms with Crippen LogP contribution in [0.3, 0.4) is 0 Å². The van der Waals surface area contributed by atoms with Gasteiger partial charge in [-0.1, -0.05) is 19.1 Å². The summed E-state index contributed by atoms with van der Waals surface area (Å²) in [7, 11) is 0. The third-order valence-corrected chi connectivity index (χ3v) is 3.92. The number of ether oxygens (including phenoxy) is 2. The Labute approximate surface area is 158 Å². The molecule has 27 heavy (non-hydrogen) atoms. The second-order valence-corrected chi connectivity index (χ2v) is 6.04. The van der Waals surface area contributed by atoms with Crippen molar-refractivity contribution in [2.24, 2.45) is 0 Å². The second kappa shape index (κ2) is 9.52. The molecule has 0 heterocycles. The van der Waals surface area contributed by atoms with Crippen LogP contribution in [-0.2, 0) is 20.7 Å². The fourth-order valence-corrected chi connectivity index (χ4v) is 2.28. The number of Topliss-reactive ketones (excluding diaryl/α,β-unsaturated/α-hetero) is 1. The zero-order chi connectivity index (χ0) is 19.8. The van der Waals surface area contributed by atoms with E-state index in [-0.39, 0.29) is 12.4 Å². The average molecular weight is 369 g/mol. The fraction of sp³-hybridized carbons (Fsp3) is 0.286. The number of benzene rings is 2. The molecule has 2 rings (SSSR count). The number of rotatable bonds is 8. The van der Waals surface area contributed by atoms with Gasteiger partial charge in [0.25, 0.3) is 5.91 Å². The van der Waals surface area contributed by atoms with Gasteiger partial charge < -0.3 is 14.8 Å². The van der Waals surface area contributed by atoms with Crippen molar-refractivity contribution < 1.29 is 23.9 Å². The van der Waals surface area contributed by atoms with Crippen molar-refractivity contribution in [2.75, 3.05) is 11.9 Å². The molecule has 0 aromatic heterocycles. The lowest BCUT2D eigenvalue weighted by Crippen LogP contribution is -2.31. The molecular weight excluding hydrogens is 346 g/mol. The maximum absolute atomic E-state index is 12.1. The molecule has 0 aliphatic rings. The molecule has 0 spiro atoms. The Morgan fingerprint density at radius 3 is 2.19 bits per heavy atom. The van der Waals surface area contributed by atoms with Gasteiger partial charge in [-0.3, -0.25) is 9.59 Å². The Morgan fingerprint density at radius 2 is 1.63 bits per heavy atom. The van der Waals surface area contributed by atoms with Gasteiger partial charge in [0.15, 0.2) is 18.5 Å². The third-order valence-electron chi connectivity index (χ3n) is 3.92. The maximum atomic E-state index is 12.1. The van der Waals surface area contributed by atoms with E-state index in [0.717, 1.165) is 6.42 Å². The van der Waals surface area contributed by atoms with Crippen LogP contribution in [0.15, 0.2) is 48.5 Å². The van der Waals surface area contributed by atoms with Crippen molar-refractivity contribution in [3.63, 3.8) is 0 Å². The molecule has 2 aromatic carbocycles. The van der Waals surface area contributed by atoms with Crippen molar-refractivity contribution in [2.45, 2.75) is 33.3 Å². The van der Waals surface area contributed by atoms with Gasteiger partial charge in [-0.05, 0) is 62.2 Å². The number of amides is 1. The van der Waals surface area contributed by atoms with Gasteiger partial charge >= 0.3 is 5.97 Å². The van der Waals surface area contributed by atoms with Crippen molar-refractivity contribution in [3.05, 3.63) is 59.7 Å². The van der Waals surface area contributed by atoms with E-state index in [4.69, 9.17) is 9.47 Å². The number of ketones is 1. The van der Waals surface area contributed by atoms with Gasteiger partial charge in [0.2, 0.25) is 0 Å². The Balaban J connectivity index is 1.79. The van der Waals surface area contributed by atoms with Crippen molar-refractivity contribution in [1.82, 2.24) is 0 Å². The van der Waals surface area contributed by atoms with Crippen LogP contribution >= 0.6 is 0 Å². The maximum Gasteiger partial charge on any atom is 0.344 e. The zero-order valence-corrected chi connectivity index (χ0v) is 15.7. The van der Waals surface area contributed by atoms with Crippen LogP contribution in [0.2, 0.25) is 0 Å². The highest BCUT2D eigenvalue weighted by molar-refractivity contribution is 5.95. The summed E-state index contributed by atoms with van der Waals surface area (Å²) in [6.07, 6.45) is -0.0354. The van der Waals surface area contributed by atoms with Gasteiger partial charge in [-0.25, -0.2) is 4.79 Å². The van der Waals surface area contributed by atoms with Gasteiger partial charge in [0.05, 0.1) is 0 Å². The molecule has 2 aromatic rings. The zero-order valence-electron chi connectivity index (χ0n) is 15.7. The summed E-state index contributed by atoms with van der Waals surface area (Å²) in [5.74, 6) is -0.691. The predicted molar refractivity (Wildman–Crippen MR) is 102 cm³/mol. The van der Waals surface area contributed by atoms with E-state index in [9.17, 15) is 14.4 Å². The fourth-order valence-electron chi connectivity index (χ4n) is 2.28. The molecule has 1 amide bonds. The quantitative estimate of drug-likeness (QED) is 0.570. The monoisotopic (exact) mass is 369 g/mol. The number of hydrogen-bond acceptors (Lipinski definition) is 5. The first-order valence-corrected chi connectivity index (χ1v) is 8.72. The lowest BCUT2D eigenvalue weighted by molar-refractivity contribution is -0.155. The molecule has 0 aliphatic heterocycles. The molecule has 1 atom stereocenters. The summed E-state index contributed by atoms with van der Waals surface area (Å²) in [5.41, 5.74) is 2.37. The van der Waals surface area contributed by atoms with E-state index in [1.807, 2.05) is 12.1 Å². The van der Waals surface area contributed by atoms with E-state index >= 15 is 0 Å². The first kappa shape index (κ1) is 20.2. The van der Waals surface area contributed by atoms with Crippen LogP contribution in [0, 0.1) is 0 Å². The number of carbonyl (C=O) groups is 3. The van der Waals surface area contributed by atoms with Crippen LogP contribution in [0.1, 0.15) is 36.7 Å². The van der Waals surface area contributed by atoms with Crippen LogP contribution in [0.25, 0.3) is 0 Å². The summed E-state index contributed by atoms with van der Waals surface area (Å²) < 4.78 is 10.4. The number of carbonyl (C=O) groups excluding carboxylic acids is 3. The molecule has 0 aliphatic carbocycles. The largest absolute Gasteiger partial charge is 0.482 e. The summed E-state index contributed by atoms with van der Waals surface area (Å²) in [6.45, 7) is 4.68. The minimum Gasteiger partial charge on any atom is -0.482 e. The molecule has 6 heteroatoms. The highest BCUT2D eigenvalue weighted by atomic mass is 16.6. The molecule has 6 nitrogen and oxygen atoms in total. The molecule has 1 N–H and O–H groups in total. The van der Waals surface area contributed by atoms with Crippen molar-refractivity contribution >= 4 is 23.3 Å². The van der Waals surface area contributed by atoms with Crippen LogP contribution in [0.4, 0.5) is 5.69 Å². The van der Waals surface area contributed by atoms with Gasteiger partial charge in [-0.15, -0.1) is 0 Å². The SMILES string of the molecule is CCc1ccc(NC(=O)[C@@H](C)OC(=O)COc2ccc(C(C)=O)cc2)cc1. The van der Waals surface area contributed by atoms with Gasteiger partial charge in [-0.2, -0.15) is 0 Å². The number of nitrogens with one attached hydrogen (secondary N) is 1. The van der Waals surface area contributed by atoms with Crippen LogP contribution in [-0.4, -0.2) is 30.4 Å². The molecule has 0 unspecified atom stereocenters. The Kier molecular flexibility index (Phi) is 7.11. The predicted octanol–water partition coefficient (Wildman–Crippen LogP) is 3.40. The highest BCUT2D eigenvalue weighted by Gasteiger charge is 2.18. The molecule has 0 bridgehead atoms. The Bertz CT molecular complexity index is 796. The van der Waals surface area contributed by atoms with Crippen LogP contribution < -0.4 is 10.1 Å². The number of aryl methyl sites for hydroxylation is 1. The van der Waals surface area contributed by atoms with E-state index in [0.29, 0.717) is 17.0 Å². The minimum absolute atomic E-state index is 0.0508. The summed E-state index contributed by atoms with van der Waals surface area (Å²) in [4.78, 5) is 35.2. The van der Waals surface area contributed by atoms with E-state index in [1.165, 1.54) is 19.4 Å². The van der Waals surface area contributed by atoms with E-state index < -0.39 is 18.0 Å². The smallest absolute Gasteiger partial charge is 0.344 e. The molecule has 0 fully saturated rings. The second-order valence-electron chi connectivity index (χ2n) is 6.04. The molecule has 142 valence electrons. The third kappa shape index (κ3) is 6.26. The minimum atomic E-state index is -0.952. The topological polar surface area (TPSA) is 81.7 Å². The average Bonchev–Trinajstić information content (AvgIpc) is 2.67. The first-order valence-electron chi connectivity index (χ1n) is 8.72. The molecule has 0 radical (unpaired) electrons. The van der Waals surface area contributed by atoms with Gasteiger partial charge in [0, 0.05) is 11.3 Å². The lowest BCUT2D eigenvalue weighted by atomic mass is 10.1. The first-order chi connectivity index (χ1) is 12.9. The van der Waals surface area contributed by atoms with E-state index in [2.05, 4.69) is 12.2 Å².